The molecule has 0 aliphatic carbocycles. The van der Waals surface area contributed by atoms with E-state index in [0.29, 0.717) is 24.2 Å². The van der Waals surface area contributed by atoms with Crippen LogP contribution in [0.3, 0.4) is 0 Å². The summed E-state index contributed by atoms with van der Waals surface area (Å²) in [4.78, 5) is 22.1. The fourth-order valence-corrected chi connectivity index (χ4v) is 2.29. The second-order valence-electron chi connectivity index (χ2n) is 4.00. The zero-order chi connectivity index (χ0) is 14.4. The molecule has 1 N–H and O–H groups in total. The van der Waals surface area contributed by atoms with Crippen LogP contribution in [0.1, 0.15) is 43.0 Å². The molecule has 0 fully saturated rings. The number of unbranched alkanes of at least 4 members (excludes halogenated alkanes) is 2. The summed E-state index contributed by atoms with van der Waals surface area (Å²) in [5.74, 6) is -3.55. The lowest BCUT2D eigenvalue weighted by atomic mass is 10.2. The second kappa shape index (κ2) is 7.23. The lowest BCUT2D eigenvalue weighted by molar-refractivity contribution is -0.111. The van der Waals surface area contributed by atoms with Gasteiger partial charge in [-0.2, -0.15) is 0 Å². The van der Waals surface area contributed by atoms with E-state index in [2.05, 4.69) is 0 Å². The molecular weight excluding hydrogens is 274 g/mol. The lowest BCUT2D eigenvalue weighted by Crippen LogP contribution is -2.03. The molecule has 104 valence electrons. The van der Waals surface area contributed by atoms with E-state index in [1.165, 1.54) is 0 Å². The van der Waals surface area contributed by atoms with Crippen LogP contribution in [0.4, 0.5) is 8.78 Å². The molecule has 1 aromatic rings. The summed E-state index contributed by atoms with van der Waals surface area (Å²) in [5.41, 5.74) is -0.634. The first kappa shape index (κ1) is 15.6. The molecule has 0 aromatic heterocycles. The molecule has 19 heavy (non-hydrogen) atoms. The van der Waals surface area contributed by atoms with Crippen LogP contribution in [-0.4, -0.2) is 16.2 Å². The van der Waals surface area contributed by atoms with Gasteiger partial charge in [0.1, 0.15) is 11.6 Å². The van der Waals surface area contributed by atoms with Crippen LogP contribution in [0, 0.1) is 11.6 Å². The average Bonchev–Trinajstić information content (AvgIpc) is 2.32. The van der Waals surface area contributed by atoms with Crippen LogP contribution in [0.25, 0.3) is 0 Å². The molecule has 6 heteroatoms. The molecule has 0 saturated carbocycles. The molecular formula is C13H14F2O3S. The van der Waals surface area contributed by atoms with Gasteiger partial charge in [-0.1, -0.05) is 19.8 Å². The van der Waals surface area contributed by atoms with Crippen LogP contribution < -0.4 is 0 Å². The highest BCUT2D eigenvalue weighted by atomic mass is 32.2. The molecule has 0 aliphatic heterocycles. The molecule has 0 saturated heterocycles. The first-order valence-corrected chi connectivity index (χ1v) is 6.70. The van der Waals surface area contributed by atoms with Gasteiger partial charge in [0.2, 0.25) is 0 Å². The van der Waals surface area contributed by atoms with Crippen molar-refractivity contribution in [1.82, 2.24) is 0 Å². The minimum absolute atomic E-state index is 0.153. The zero-order valence-electron chi connectivity index (χ0n) is 10.4. The Morgan fingerprint density at radius 2 is 1.89 bits per heavy atom. The molecule has 0 unspecified atom stereocenters. The summed E-state index contributed by atoms with van der Waals surface area (Å²) < 4.78 is 26.6. The molecule has 0 atom stereocenters. The van der Waals surface area contributed by atoms with Gasteiger partial charge in [0.25, 0.3) is 0 Å². The van der Waals surface area contributed by atoms with Gasteiger partial charge in [0, 0.05) is 12.5 Å². The normalized spacial score (nSPS) is 10.5. The summed E-state index contributed by atoms with van der Waals surface area (Å²) in [6, 6.07) is 1.35. The summed E-state index contributed by atoms with van der Waals surface area (Å²) in [7, 11) is 0. The van der Waals surface area contributed by atoms with Gasteiger partial charge in [0.05, 0.1) is 10.5 Å². The van der Waals surface area contributed by atoms with E-state index in [-0.39, 0.29) is 16.4 Å². The van der Waals surface area contributed by atoms with E-state index < -0.39 is 23.2 Å². The third-order valence-electron chi connectivity index (χ3n) is 2.46. The van der Waals surface area contributed by atoms with Crippen molar-refractivity contribution in [2.75, 3.05) is 0 Å². The van der Waals surface area contributed by atoms with Crippen molar-refractivity contribution in [1.29, 1.82) is 0 Å². The highest BCUT2D eigenvalue weighted by molar-refractivity contribution is 8.13. The van der Waals surface area contributed by atoms with Crippen molar-refractivity contribution >= 4 is 22.8 Å². The van der Waals surface area contributed by atoms with Crippen molar-refractivity contribution in [2.45, 2.75) is 37.5 Å². The Morgan fingerprint density at radius 1 is 1.21 bits per heavy atom. The van der Waals surface area contributed by atoms with Gasteiger partial charge in [-0.3, -0.25) is 4.79 Å². The minimum Gasteiger partial charge on any atom is -0.478 e. The summed E-state index contributed by atoms with van der Waals surface area (Å²) in [6.45, 7) is 2.00. The maximum Gasteiger partial charge on any atom is 0.338 e. The molecule has 0 amide bonds. The van der Waals surface area contributed by atoms with Crippen LogP contribution in [-0.2, 0) is 4.79 Å². The second-order valence-corrected chi connectivity index (χ2v) is 5.10. The lowest BCUT2D eigenvalue weighted by Gasteiger charge is -2.05. The van der Waals surface area contributed by atoms with Crippen molar-refractivity contribution in [3.8, 4) is 0 Å². The number of thioether (sulfide) groups is 1. The Bertz CT molecular complexity index is 489. The third-order valence-corrected chi connectivity index (χ3v) is 3.42. The Kier molecular flexibility index (Phi) is 5.95. The molecule has 3 nitrogen and oxygen atoms in total. The summed E-state index contributed by atoms with van der Waals surface area (Å²) in [6.07, 6.45) is 2.86. The number of carboxylic acid groups (broad SMARTS) is 1. The Morgan fingerprint density at radius 3 is 2.47 bits per heavy atom. The van der Waals surface area contributed by atoms with Crippen molar-refractivity contribution in [3.63, 3.8) is 0 Å². The standard InChI is InChI=1S/C13H14F2O3S/c1-2-3-4-5-12(16)19-11-6-8(13(17)18)9(14)7-10(11)15/h6-7H,2-5H2,1H3,(H,17,18). The smallest absolute Gasteiger partial charge is 0.338 e. The number of rotatable bonds is 6. The SMILES string of the molecule is CCCCCC(=O)Sc1cc(C(=O)O)c(F)cc1F. The van der Waals surface area contributed by atoms with Gasteiger partial charge in [-0.05, 0) is 24.2 Å². The molecule has 0 heterocycles. The van der Waals surface area contributed by atoms with Gasteiger partial charge < -0.3 is 5.11 Å². The van der Waals surface area contributed by atoms with Gasteiger partial charge in [-0.25, -0.2) is 13.6 Å². The van der Waals surface area contributed by atoms with Crippen LogP contribution >= 0.6 is 11.8 Å². The predicted molar refractivity (Wildman–Crippen MR) is 68.3 cm³/mol. The fraction of sp³-hybridized carbons (Fsp3) is 0.385. The topological polar surface area (TPSA) is 54.4 Å². The highest BCUT2D eigenvalue weighted by Gasteiger charge is 2.17. The van der Waals surface area contributed by atoms with Gasteiger partial charge >= 0.3 is 5.97 Å². The largest absolute Gasteiger partial charge is 0.478 e. The van der Waals surface area contributed by atoms with Crippen LogP contribution in [0.15, 0.2) is 17.0 Å². The average molecular weight is 288 g/mol. The molecule has 0 radical (unpaired) electrons. The zero-order valence-corrected chi connectivity index (χ0v) is 11.2. The number of halogens is 2. The van der Waals surface area contributed by atoms with E-state index in [0.717, 1.165) is 18.9 Å². The Labute approximate surface area is 114 Å². The molecule has 1 aromatic carbocycles. The highest BCUT2D eigenvalue weighted by Crippen LogP contribution is 2.27. The minimum atomic E-state index is -1.49. The van der Waals surface area contributed by atoms with Gasteiger partial charge in [-0.15, -0.1) is 0 Å². The summed E-state index contributed by atoms with van der Waals surface area (Å²) >= 11 is 0.617. The summed E-state index contributed by atoms with van der Waals surface area (Å²) in [5, 5.41) is 8.48. The van der Waals surface area contributed by atoms with E-state index in [4.69, 9.17) is 5.11 Å². The van der Waals surface area contributed by atoms with E-state index in [9.17, 15) is 18.4 Å². The van der Waals surface area contributed by atoms with Crippen LogP contribution in [0.5, 0.6) is 0 Å². The Hall–Kier alpha value is -1.43. The van der Waals surface area contributed by atoms with Crippen molar-refractivity contribution in [3.05, 3.63) is 29.3 Å². The number of benzene rings is 1. The number of aromatic carboxylic acids is 1. The molecule has 0 spiro atoms. The maximum atomic E-state index is 13.4. The number of carbonyl (C=O) groups is 2. The van der Waals surface area contributed by atoms with E-state index >= 15 is 0 Å². The molecule has 0 bridgehead atoms. The van der Waals surface area contributed by atoms with Gasteiger partial charge in [0.15, 0.2) is 5.12 Å². The fourth-order valence-electron chi connectivity index (χ4n) is 1.46. The quantitative estimate of drug-likeness (QED) is 0.638. The van der Waals surface area contributed by atoms with Crippen molar-refractivity contribution in [2.24, 2.45) is 0 Å². The molecule has 0 aliphatic rings. The third kappa shape index (κ3) is 4.63. The van der Waals surface area contributed by atoms with Crippen molar-refractivity contribution < 1.29 is 23.5 Å². The predicted octanol–water partition coefficient (Wildman–Crippen LogP) is 3.86. The monoisotopic (exact) mass is 288 g/mol. The molecule has 1 rings (SSSR count). The first-order valence-electron chi connectivity index (χ1n) is 5.88. The Balaban J connectivity index is 2.80. The number of carbonyl (C=O) groups excluding carboxylic acids is 1. The maximum absolute atomic E-state index is 13.4. The number of hydrogen-bond donors (Lipinski definition) is 1. The number of carboxylic acids is 1. The first-order chi connectivity index (χ1) is 8.95. The van der Waals surface area contributed by atoms with Crippen LogP contribution in [0.2, 0.25) is 0 Å². The van der Waals surface area contributed by atoms with E-state index in [1.807, 2.05) is 6.92 Å². The number of hydrogen-bond acceptors (Lipinski definition) is 3. The van der Waals surface area contributed by atoms with E-state index in [1.54, 1.807) is 0 Å².